The van der Waals surface area contributed by atoms with Crippen molar-refractivity contribution in [3.63, 3.8) is 0 Å². The van der Waals surface area contributed by atoms with Gasteiger partial charge in [-0.05, 0) is 27.2 Å². The molecule has 1 aliphatic rings. The van der Waals surface area contributed by atoms with Gasteiger partial charge in [0.25, 0.3) is 0 Å². The van der Waals surface area contributed by atoms with Gasteiger partial charge in [-0.2, -0.15) is 0 Å². The van der Waals surface area contributed by atoms with E-state index in [1.54, 1.807) is 19.9 Å². The molecule has 0 aromatic heterocycles. The number of ketones is 2. The Morgan fingerprint density at radius 1 is 1.31 bits per heavy atom. The number of rotatable bonds is 1. The molecule has 0 aliphatic heterocycles. The molecule has 0 saturated heterocycles. The van der Waals surface area contributed by atoms with E-state index in [0.29, 0.717) is 12.8 Å². The van der Waals surface area contributed by atoms with Crippen LogP contribution in [0.2, 0.25) is 0 Å². The van der Waals surface area contributed by atoms with Crippen LogP contribution in [-0.4, -0.2) is 11.6 Å². The quantitative estimate of drug-likeness (QED) is 0.457. The molecular weight excluding hydrogens is 164 g/mol. The van der Waals surface area contributed by atoms with Crippen molar-refractivity contribution >= 4 is 11.6 Å². The molecule has 0 radical (unpaired) electrons. The average Bonchev–Trinajstić information content (AvgIpc) is 2.10. The first-order chi connectivity index (χ1) is 5.84. The maximum absolute atomic E-state index is 11.9. The van der Waals surface area contributed by atoms with Crippen molar-refractivity contribution in [3.8, 4) is 0 Å². The lowest BCUT2D eigenvalue weighted by atomic mass is 9.63. The van der Waals surface area contributed by atoms with Crippen LogP contribution < -0.4 is 0 Å². The van der Waals surface area contributed by atoms with Crippen molar-refractivity contribution in [1.82, 2.24) is 0 Å². The summed E-state index contributed by atoms with van der Waals surface area (Å²) in [6.45, 7) is 8.94. The minimum atomic E-state index is -0.818. The molecule has 1 aliphatic carbocycles. The molecule has 0 spiro atoms. The molecule has 1 unspecified atom stereocenters. The van der Waals surface area contributed by atoms with Gasteiger partial charge in [0.15, 0.2) is 5.78 Å². The summed E-state index contributed by atoms with van der Waals surface area (Å²) in [5.74, 6) is 0.0584. The summed E-state index contributed by atoms with van der Waals surface area (Å²) in [4.78, 5) is 23.4. The van der Waals surface area contributed by atoms with Crippen LogP contribution >= 0.6 is 0 Å². The van der Waals surface area contributed by atoms with E-state index >= 15 is 0 Å². The predicted molar refractivity (Wildman–Crippen MR) is 51.3 cm³/mol. The number of Topliss-reactive ketones (excluding diaryl/α,β-unsaturated/α-hetero) is 2. The molecule has 2 nitrogen and oxygen atoms in total. The highest BCUT2D eigenvalue weighted by atomic mass is 16.2. The molecule has 0 heterocycles. The number of allylic oxidation sites excluding steroid dienone is 1. The first-order valence-corrected chi connectivity index (χ1v) is 4.56. The molecule has 0 N–H and O–H groups in total. The Balaban J connectivity index is 3.09. The summed E-state index contributed by atoms with van der Waals surface area (Å²) in [5.41, 5.74) is -1.32. The van der Waals surface area contributed by atoms with E-state index in [0.717, 1.165) is 0 Å². The monoisotopic (exact) mass is 180 g/mol. The molecule has 0 bridgehead atoms. The maximum atomic E-state index is 11.9. The predicted octanol–water partition coefficient (Wildman–Crippen LogP) is 2.14. The van der Waals surface area contributed by atoms with Gasteiger partial charge >= 0.3 is 0 Å². The zero-order valence-corrected chi connectivity index (χ0v) is 8.52. The summed E-state index contributed by atoms with van der Waals surface area (Å²) in [5, 5.41) is 0. The Hall–Kier alpha value is -0.920. The summed E-state index contributed by atoms with van der Waals surface area (Å²) in [6.07, 6.45) is 2.77. The van der Waals surface area contributed by atoms with Gasteiger partial charge < -0.3 is 0 Å². The Morgan fingerprint density at radius 2 is 1.85 bits per heavy atom. The molecule has 1 fully saturated rings. The molecule has 13 heavy (non-hydrogen) atoms. The van der Waals surface area contributed by atoms with E-state index in [-0.39, 0.29) is 11.6 Å². The molecule has 1 saturated carbocycles. The molecular formula is C11H16O2. The summed E-state index contributed by atoms with van der Waals surface area (Å²) in [6, 6.07) is 0. The van der Waals surface area contributed by atoms with Crippen LogP contribution in [0.4, 0.5) is 0 Å². The molecule has 2 heteroatoms. The first-order valence-electron chi connectivity index (χ1n) is 4.56. The van der Waals surface area contributed by atoms with Gasteiger partial charge in [-0.3, -0.25) is 9.59 Å². The second kappa shape index (κ2) is 2.79. The molecule has 72 valence electrons. The van der Waals surface area contributed by atoms with E-state index in [1.807, 2.05) is 6.92 Å². The molecule has 0 aromatic rings. The van der Waals surface area contributed by atoms with Crippen LogP contribution in [0, 0.1) is 10.8 Å². The van der Waals surface area contributed by atoms with E-state index < -0.39 is 10.8 Å². The Morgan fingerprint density at radius 3 is 2.31 bits per heavy atom. The van der Waals surface area contributed by atoms with E-state index in [9.17, 15) is 9.59 Å². The van der Waals surface area contributed by atoms with Crippen LogP contribution in [0.25, 0.3) is 0 Å². The van der Waals surface area contributed by atoms with Gasteiger partial charge in [0.05, 0.1) is 5.41 Å². The maximum Gasteiger partial charge on any atom is 0.155 e. The first kappa shape index (κ1) is 10.2. The van der Waals surface area contributed by atoms with Crippen LogP contribution in [0.5, 0.6) is 0 Å². The van der Waals surface area contributed by atoms with Gasteiger partial charge in [0.2, 0.25) is 0 Å². The summed E-state index contributed by atoms with van der Waals surface area (Å²) in [7, 11) is 0. The fraction of sp³-hybridized carbons (Fsp3) is 0.636. The van der Waals surface area contributed by atoms with Crippen LogP contribution in [0.3, 0.4) is 0 Å². The smallest absolute Gasteiger partial charge is 0.155 e. The summed E-state index contributed by atoms with van der Waals surface area (Å²) >= 11 is 0. The second-order valence-corrected chi connectivity index (χ2v) is 4.50. The van der Waals surface area contributed by atoms with Crippen molar-refractivity contribution in [2.45, 2.75) is 33.6 Å². The minimum absolute atomic E-state index is 0.00579. The SMILES string of the molecule is C=CC1(C)CCC(=O)C(C)(C)C1=O. The van der Waals surface area contributed by atoms with Crippen LogP contribution in [0.1, 0.15) is 33.6 Å². The lowest BCUT2D eigenvalue weighted by Gasteiger charge is -2.37. The van der Waals surface area contributed by atoms with Gasteiger partial charge in [0.1, 0.15) is 5.78 Å². The topological polar surface area (TPSA) is 34.1 Å². The fourth-order valence-corrected chi connectivity index (χ4v) is 1.83. The zero-order valence-electron chi connectivity index (χ0n) is 8.52. The molecule has 1 rings (SSSR count). The minimum Gasteiger partial charge on any atom is -0.299 e. The highest BCUT2D eigenvalue weighted by Gasteiger charge is 2.48. The Bertz CT molecular complexity index is 269. The normalized spacial score (nSPS) is 33.2. The van der Waals surface area contributed by atoms with E-state index in [2.05, 4.69) is 6.58 Å². The van der Waals surface area contributed by atoms with Gasteiger partial charge in [-0.25, -0.2) is 0 Å². The fourth-order valence-electron chi connectivity index (χ4n) is 1.83. The lowest BCUT2D eigenvalue weighted by Crippen LogP contribution is -2.47. The number of hydrogen-bond donors (Lipinski definition) is 0. The van der Waals surface area contributed by atoms with Gasteiger partial charge in [-0.1, -0.05) is 6.08 Å². The second-order valence-electron chi connectivity index (χ2n) is 4.50. The van der Waals surface area contributed by atoms with Crippen molar-refractivity contribution in [2.24, 2.45) is 10.8 Å². The van der Waals surface area contributed by atoms with Crippen molar-refractivity contribution in [1.29, 1.82) is 0 Å². The third kappa shape index (κ3) is 1.34. The molecule has 1 atom stereocenters. The van der Waals surface area contributed by atoms with Crippen molar-refractivity contribution in [3.05, 3.63) is 12.7 Å². The third-order valence-electron chi connectivity index (χ3n) is 3.11. The Labute approximate surface area is 79.0 Å². The highest BCUT2D eigenvalue weighted by Crippen LogP contribution is 2.41. The third-order valence-corrected chi connectivity index (χ3v) is 3.11. The van der Waals surface area contributed by atoms with Gasteiger partial charge in [-0.15, -0.1) is 6.58 Å². The largest absolute Gasteiger partial charge is 0.299 e. The van der Waals surface area contributed by atoms with E-state index in [4.69, 9.17) is 0 Å². The Kier molecular flexibility index (Phi) is 2.18. The summed E-state index contributed by atoms with van der Waals surface area (Å²) < 4.78 is 0. The highest BCUT2D eigenvalue weighted by molar-refractivity contribution is 6.11. The van der Waals surface area contributed by atoms with Gasteiger partial charge in [0, 0.05) is 11.8 Å². The lowest BCUT2D eigenvalue weighted by molar-refractivity contribution is -0.147. The molecule has 0 aromatic carbocycles. The number of carbonyl (C=O) groups excluding carboxylic acids is 2. The zero-order chi connectivity index (χ0) is 10.3. The van der Waals surface area contributed by atoms with Crippen LogP contribution in [0.15, 0.2) is 12.7 Å². The van der Waals surface area contributed by atoms with Crippen molar-refractivity contribution < 1.29 is 9.59 Å². The number of carbonyl (C=O) groups is 2. The van der Waals surface area contributed by atoms with Crippen LogP contribution in [-0.2, 0) is 9.59 Å². The van der Waals surface area contributed by atoms with Crippen molar-refractivity contribution in [2.75, 3.05) is 0 Å². The van der Waals surface area contributed by atoms with E-state index in [1.165, 1.54) is 0 Å². The average molecular weight is 180 g/mol. The molecule has 0 amide bonds. The number of hydrogen-bond acceptors (Lipinski definition) is 2. The standard InChI is InChI=1S/C11H16O2/c1-5-11(4)7-6-8(12)10(2,3)9(11)13/h5H,1,6-7H2,2-4H3.